The molecule has 1 fully saturated rings. The van der Waals surface area contributed by atoms with Crippen molar-refractivity contribution in [3.05, 3.63) is 54.0 Å². The number of nitrogens with zero attached hydrogens (tertiary/aromatic N) is 1. The molecule has 2 heterocycles. The Balaban J connectivity index is 1.62. The summed E-state index contributed by atoms with van der Waals surface area (Å²) in [6, 6.07) is 9.00. The lowest BCUT2D eigenvalue weighted by Gasteiger charge is -2.35. The van der Waals surface area contributed by atoms with Crippen LogP contribution in [0, 0.1) is 0 Å². The molecule has 0 spiro atoms. The molecule has 3 rings (SSSR count). The third-order valence-corrected chi connectivity index (χ3v) is 5.33. The highest BCUT2D eigenvalue weighted by Crippen LogP contribution is 2.25. The van der Waals surface area contributed by atoms with E-state index in [2.05, 4.69) is 15.5 Å². The number of hydrogen-bond donors (Lipinski definition) is 2. The van der Waals surface area contributed by atoms with E-state index in [9.17, 15) is 9.59 Å². The maximum absolute atomic E-state index is 12.6. The van der Waals surface area contributed by atoms with Crippen LogP contribution in [0.1, 0.15) is 48.1 Å². The highest BCUT2D eigenvalue weighted by molar-refractivity contribution is 5.97. The van der Waals surface area contributed by atoms with Gasteiger partial charge in [0.1, 0.15) is 18.1 Å². The molecule has 156 valence electrons. The predicted molar refractivity (Wildman–Crippen MR) is 110 cm³/mol. The van der Waals surface area contributed by atoms with Crippen LogP contribution in [0.15, 0.2) is 47.3 Å². The van der Waals surface area contributed by atoms with Crippen molar-refractivity contribution in [3.8, 4) is 5.75 Å². The van der Waals surface area contributed by atoms with E-state index in [1.54, 1.807) is 20.1 Å². The maximum Gasteiger partial charge on any atom is 0.255 e. The number of piperidine rings is 1. The molecule has 1 aromatic carbocycles. The van der Waals surface area contributed by atoms with Gasteiger partial charge in [0.05, 0.1) is 25.0 Å². The quantitative estimate of drug-likeness (QED) is 0.713. The van der Waals surface area contributed by atoms with Gasteiger partial charge in [0.2, 0.25) is 5.91 Å². The second-order valence-corrected chi connectivity index (χ2v) is 7.34. The summed E-state index contributed by atoms with van der Waals surface area (Å²) in [6.07, 6.45) is 6.36. The molecule has 0 radical (unpaired) electrons. The Morgan fingerprint density at radius 2 is 1.86 bits per heavy atom. The highest BCUT2D eigenvalue weighted by atomic mass is 16.5. The van der Waals surface area contributed by atoms with Crippen LogP contribution in [-0.4, -0.2) is 49.5 Å². The zero-order valence-corrected chi connectivity index (χ0v) is 17.0. The summed E-state index contributed by atoms with van der Waals surface area (Å²) >= 11 is 0. The molecule has 1 aromatic heterocycles. The molecule has 2 N–H and O–H groups in total. The van der Waals surface area contributed by atoms with Crippen molar-refractivity contribution in [2.24, 2.45) is 0 Å². The van der Waals surface area contributed by atoms with Gasteiger partial charge in [-0.25, -0.2) is 0 Å². The summed E-state index contributed by atoms with van der Waals surface area (Å²) in [4.78, 5) is 27.1. The molecule has 2 unspecified atom stereocenters. The average molecular weight is 399 g/mol. The van der Waals surface area contributed by atoms with Gasteiger partial charge in [0, 0.05) is 6.54 Å². The van der Waals surface area contributed by atoms with E-state index < -0.39 is 6.04 Å². The van der Waals surface area contributed by atoms with Crippen molar-refractivity contribution in [1.29, 1.82) is 0 Å². The Bertz CT molecular complexity index is 783. The van der Waals surface area contributed by atoms with Gasteiger partial charge in [-0.15, -0.1) is 0 Å². The molecule has 29 heavy (non-hydrogen) atoms. The number of amides is 2. The van der Waals surface area contributed by atoms with E-state index in [-0.39, 0.29) is 17.9 Å². The summed E-state index contributed by atoms with van der Waals surface area (Å²) in [6.45, 7) is 4.19. The van der Waals surface area contributed by atoms with Gasteiger partial charge in [0.15, 0.2) is 0 Å². The monoisotopic (exact) mass is 399 g/mol. The fraction of sp³-hybridized carbons (Fsp3) is 0.455. The summed E-state index contributed by atoms with van der Waals surface area (Å²) < 4.78 is 10.2. The lowest BCUT2D eigenvalue weighted by Crippen LogP contribution is -2.47. The summed E-state index contributed by atoms with van der Waals surface area (Å²) in [5.41, 5.74) is 1.54. The van der Waals surface area contributed by atoms with Crippen molar-refractivity contribution < 1.29 is 18.7 Å². The average Bonchev–Trinajstić information content (AvgIpc) is 3.30. The molecule has 7 nitrogen and oxygen atoms in total. The highest BCUT2D eigenvalue weighted by Gasteiger charge is 2.24. The van der Waals surface area contributed by atoms with E-state index >= 15 is 0 Å². The van der Waals surface area contributed by atoms with E-state index in [0.717, 1.165) is 37.2 Å². The van der Waals surface area contributed by atoms with Crippen molar-refractivity contribution in [2.45, 2.75) is 38.3 Å². The topological polar surface area (TPSA) is 83.8 Å². The van der Waals surface area contributed by atoms with Gasteiger partial charge in [-0.05, 0) is 56.6 Å². The van der Waals surface area contributed by atoms with Crippen LogP contribution < -0.4 is 15.4 Å². The van der Waals surface area contributed by atoms with Crippen LogP contribution in [0.25, 0.3) is 0 Å². The standard InChI is InChI=1S/C22H29N3O4/c1-16(24-22(27)18-10-13-29-15-18)21(26)23-14-20(25-11-4-3-5-12-25)17-6-8-19(28-2)9-7-17/h6-10,13,15-16,20H,3-5,11-12,14H2,1-2H3,(H,23,26)(H,24,27). The van der Waals surface area contributed by atoms with Crippen molar-refractivity contribution in [3.63, 3.8) is 0 Å². The molecule has 1 aliphatic rings. The molecule has 2 aromatic rings. The first-order valence-corrected chi connectivity index (χ1v) is 10.1. The summed E-state index contributed by atoms with van der Waals surface area (Å²) in [7, 11) is 1.65. The second kappa shape index (κ2) is 10.1. The largest absolute Gasteiger partial charge is 0.497 e. The number of carbonyl (C=O) groups is 2. The van der Waals surface area contributed by atoms with Crippen LogP contribution in [0.2, 0.25) is 0 Å². The SMILES string of the molecule is COc1ccc(C(CNC(=O)C(C)NC(=O)c2ccoc2)N2CCCCC2)cc1. The van der Waals surface area contributed by atoms with Gasteiger partial charge in [0.25, 0.3) is 5.91 Å². The smallest absolute Gasteiger partial charge is 0.255 e. The fourth-order valence-corrected chi connectivity index (χ4v) is 3.60. The van der Waals surface area contributed by atoms with Gasteiger partial charge >= 0.3 is 0 Å². The van der Waals surface area contributed by atoms with Crippen LogP contribution >= 0.6 is 0 Å². The molecule has 1 aliphatic heterocycles. The van der Waals surface area contributed by atoms with Gasteiger partial charge < -0.3 is 19.8 Å². The normalized spacial score (nSPS) is 16.6. The molecule has 7 heteroatoms. The van der Waals surface area contributed by atoms with Gasteiger partial charge in [-0.1, -0.05) is 18.6 Å². The first-order chi connectivity index (χ1) is 14.1. The van der Waals surface area contributed by atoms with Gasteiger partial charge in [-0.3, -0.25) is 14.5 Å². The molecule has 0 aliphatic carbocycles. The van der Waals surface area contributed by atoms with Crippen LogP contribution in [-0.2, 0) is 4.79 Å². The Hall–Kier alpha value is -2.80. The first kappa shape index (κ1) is 20.9. The number of likely N-dealkylation sites (tertiary alicyclic amines) is 1. The zero-order valence-electron chi connectivity index (χ0n) is 17.0. The van der Waals surface area contributed by atoms with E-state index in [1.807, 2.05) is 24.3 Å². The lowest BCUT2D eigenvalue weighted by atomic mass is 10.0. The number of hydrogen-bond acceptors (Lipinski definition) is 5. The lowest BCUT2D eigenvalue weighted by molar-refractivity contribution is -0.122. The maximum atomic E-state index is 12.6. The van der Waals surface area contributed by atoms with Gasteiger partial charge in [-0.2, -0.15) is 0 Å². The summed E-state index contributed by atoms with van der Waals surface area (Å²) in [5, 5.41) is 5.71. The van der Waals surface area contributed by atoms with Crippen molar-refractivity contribution in [1.82, 2.24) is 15.5 Å². The summed E-state index contributed by atoms with van der Waals surface area (Å²) in [5.74, 6) is 0.271. The number of carbonyl (C=O) groups excluding carboxylic acids is 2. The Morgan fingerprint density at radius 3 is 2.48 bits per heavy atom. The van der Waals surface area contributed by atoms with Crippen LogP contribution in [0.4, 0.5) is 0 Å². The molecule has 1 saturated heterocycles. The number of methoxy groups -OCH3 is 1. The molecule has 0 bridgehead atoms. The van der Waals surface area contributed by atoms with Crippen LogP contribution in [0.5, 0.6) is 5.75 Å². The Kier molecular flexibility index (Phi) is 7.30. The number of benzene rings is 1. The third-order valence-electron chi connectivity index (χ3n) is 5.33. The van der Waals surface area contributed by atoms with E-state index in [1.165, 1.54) is 18.9 Å². The number of ether oxygens (including phenoxy) is 1. The molecule has 2 amide bonds. The van der Waals surface area contributed by atoms with Crippen molar-refractivity contribution in [2.75, 3.05) is 26.7 Å². The minimum absolute atomic E-state index is 0.0851. The molecular weight excluding hydrogens is 370 g/mol. The zero-order chi connectivity index (χ0) is 20.6. The van der Waals surface area contributed by atoms with E-state index in [4.69, 9.17) is 9.15 Å². The third kappa shape index (κ3) is 5.60. The number of rotatable bonds is 8. The Morgan fingerprint density at radius 1 is 1.14 bits per heavy atom. The first-order valence-electron chi connectivity index (χ1n) is 10.1. The Labute approximate surface area is 171 Å². The van der Waals surface area contributed by atoms with E-state index in [0.29, 0.717) is 12.1 Å². The predicted octanol–water partition coefficient (Wildman–Crippen LogP) is 2.75. The van der Waals surface area contributed by atoms with Crippen LogP contribution in [0.3, 0.4) is 0 Å². The minimum Gasteiger partial charge on any atom is -0.497 e. The molecular formula is C22H29N3O4. The number of furan rings is 1. The molecule has 0 saturated carbocycles. The minimum atomic E-state index is -0.643. The number of nitrogens with one attached hydrogen (secondary N) is 2. The molecule has 2 atom stereocenters. The van der Waals surface area contributed by atoms with Crippen molar-refractivity contribution >= 4 is 11.8 Å². The fourth-order valence-electron chi connectivity index (χ4n) is 3.60. The second-order valence-electron chi connectivity index (χ2n) is 7.34.